The van der Waals surface area contributed by atoms with E-state index in [0.717, 1.165) is 4.72 Å². The van der Waals surface area contributed by atoms with E-state index >= 15 is 8.78 Å². The number of ether oxygens (including phenoxy) is 2. The van der Waals surface area contributed by atoms with E-state index in [-0.39, 0.29) is 22.3 Å². The molecule has 0 saturated carbocycles. The first-order valence-corrected chi connectivity index (χ1v) is 16.4. The largest absolute Gasteiger partial charge is 0.460 e. The summed E-state index contributed by atoms with van der Waals surface area (Å²) < 4.78 is 247. The van der Waals surface area contributed by atoms with Crippen molar-refractivity contribution in [1.82, 2.24) is 9.44 Å². The number of hydrogen-bond donors (Lipinski definition) is 2. The molecule has 0 spiro atoms. The summed E-state index contributed by atoms with van der Waals surface area (Å²) >= 11 is 0. The van der Waals surface area contributed by atoms with Gasteiger partial charge in [-0.1, -0.05) is 36.4 Å². The number of alkyl halides is 13. The van der Waals surface area contributed by atoms with Gasteiger partial charge in [-0.3, -0.25) is 0 Å². The lowest BCUT2D eigenvalue weighted by Crippen LogP contribution is -2.72. The highest BCUT2D eigenvalue weighted by atomic mass is 32.2. The van der Waals surface area contributed by atoms with E-state index in [4.69, 9.17) is 0 Å². The SMILES string of the molecule is Cc1cccc(C)c1OS(=O)(=O)NC(=O)OCC(OC(=O)NS(=O)(=O)Oc1c(C)cccc1C)C(F)(F)C(F)(F)C(F)(F)C(F)(F)C(F)(F)C(F)(F)F. The van der Waals surface area contributed by atoms with Crippen molar-refractivity contribution in [3.63, 3.8) is 0 Å². The molecule has 2 rings (SSSR count). The fourth-order valence-electron chi connectivity index (χ4n) is 3.86. The fourth-order valence-corrected chi connectivity index (χ4v) is 5.42. The number of halogens is 13. The maximum Gasteiger partial charge on any atom is 0.460 e. The van der Waals surface area contributed by atoms with E-state index in [1.54, 1.807) is 0 Å². The number of hydrogen-bond acceptors (Lipinski definition) is 10. The Morgan fingerprint density at radius 2 is 0.925 bits per heavy atom. The summed E-state index contributed by atoms with van der Waals surface area (Å²) in [5.74, 6) is -41.5. The van der Waals surface area contributed by atoms with Gasteiger partial charge in [-0.15, -0.1) is 0 Å². The second kappa shape index (κ2) is 14.8. The third-order valence-corrected chi connectivity index (χ3v) is 8.20. The topological polar surface area (TPSA) is 163 Å². The van der Waals surface area contributed by atoms with Crippen molar-refractivity contribution in [2.45, 2.75) is 69.6 Å². The van der Waals surface area contributed by atoms with Crippen LogP contribution in [-0.2, 0) is 30.1 Å². The molecule has 2 amide bonds. The Labute approximate surface area is 290 Å². The smallest absolute Gasteiger partial charge is 0.445 e. The highest BCUT2D eigenvalue weighted by Crippen LogP contribution is 2.61. The summed E-state index contributed by atoms with van der Waals surface area (Å²) in [6.45, 7) is 2.15. The molecule has 300 valence electrons. The maximum atomic E-state index is 15.1. The molecule has 0 aromatic heterocycles. The van der Waals surface area contributed by atoms with Crippen LogP contribution in [-0.4, -0.2) is 77.5 Å². The zero-order valence-corrected chi connectivity index (χ0v) is 28.2. The van der Waals surface area contributed by atoms with E-state index in [9.17, 15) is 74.7 Å². The maximum absolute atomic E-state index is 15.1. The van der Waals surface area contributed by atoms with Crippen LogP contribution < -0.4 is 17.8 Å². The Hall–Kier alpha value is -4.43. The van der Waals surface area contributed by atoms with Crippen molar-refractivity contribution in [2.75, 3.05) is 6.61 Å². The van der Waals surface area contributed by atoms with Gasteiger partial charge in [-0.25, -0.2) is 9.59 Å². The number of carbonyl (C=O) groups excluding carboxylic acids is 2. The number of rotatable bonds is 14. The molecule has 0 aliphatic heterocycles. The Morgan fingerprint density at radius 1 is 0.585 bits per heavy atom. The Bertz CT molecular complexity index is 1880. The number of amides is 2. The molecule has 0 aliphatic carbocycles. The van der Waals surface area contributed by atoms with Gasteiger partial charge in [-0.2, -0.15) is 83.4 Å². The highest BCUT2D eigenvalue weighted by molar-refractivity contribution is 7.85. The van der Waals surface area contributed by atoms with E-state index in [0.29, 0.717) is 4.72 Å². The van der Waals surface area contributed by atoms with Gasteiger partial charge in [0, 0.05) is 0 Å². The second-order valence-corrected chi connectivity index (χ2v) is 13.2. The zero-order valence-electron chi connectivity index (χ0n) is 26.6. The summed E-state index contributed by atoms with van der Waals surface area (Å²) in [7, 11) is -11.1. The average Bonchev–Trinajstić information content (AvgIpc) is 2.97. The Kier molecular flexibility index (Phi) is 12.5. The van der Waals surface area contributed by atoms with Crippen molar-refractivity contribution < 1.29 is 101 Å². The summed E-state index contributed by atoms with van der Waals surface area (Å²) in [5.41, 5.74) is 0.218. The molecule has 0 bridgehead atoms. The summed E-state index contributed by atoms with van der Waals surface area (Å²) in [6.07, 6.45) is -18.0. The quantitative estimate of drug-likeness (QED) is 0.203. The third-order valence-electron chi connectivity index (χ3n) is 6.60. The molecule has 0 fully saturated rings. The van der Waals surface area contributed by atoms with Crippen molar-refractivity contribution in [2.24, 2.45) is 0 Å². The van der Waals surface area contributed by atoms with Gasteiger partial charge in [0.05, 0.1) is 0 Å². The normalized spacial score (nSPS) is 14.2. The van der Waals surface area contributed by atoms with Crippen LogP contribution in [0, 0.1) is 27.7 Å². The van der Waals surface area contributed by atoms with Gasteiger partial charge < -0.3 is 17.8 Å². The highest BCUT2D eigenvalue weighted by Gasteiger charge is 2.91. The lowest BCUT2D eigenvalue weighted by Gasteiger charge is -2.41. The van der Waals surface area contributed by atoms with E-state index < -0.39 is 92.8 Å². The monoisotopic (exact) mass is 834 g/mol. The minimum Gasteiger partial charge on any atom is -0.445 e. The summed E-state index contributed by atoms with van der Waals surface area (Å²) in [5, 5.41) is 0. The molecule has 0 radical (unpaired) electrons. The molecular weight excluding hydrogens is 811 g/mol. The Balaban J connectivity index is 2.51. The van der Waals surface area contributed by atoms with Crippen molar-refractivity contribution >= 4 is 32.8 Å². The van der Waals surface area contributed by atoms with Crippen molar-refractivity contribution in [3.8, 4) is 11.5 Å². The number of para-hydroxylation sites is 2. The third kappa shape index (κ3) is 9.21. The first-order valence-electron chi connectivity index (χ1n) is 13.5. The van der Waals surface area contributed by atoms with Crippen molar-refractivity contribution in [3.05, 3.63) is 58.7 Å². The van der Waals surface area contributed by atoms with Crippen LogP contribution >= 0.6 is 0 Å². The van der Waals surface area contributed by atoms with Gasteiger partial charge in [0.2, 0.25) is 6.10 Å². The van der Waals surface area contributed by atoms with Gasteiger partial charge in [0.1, 0.15) is 18.1 Å². The number of nitrogens with one attached hydrogen (secondary N) is 2. The standard InChI is InChI=1S/C26H23F13N2O10S2/c1-12-7-5-8-13(2)17(12)50-52(44,45)40-19(42)48-11-16(49-20(43)41-53(46,47)51-18-14(3)9-6-10-15(18)4)21(27,28)22(29,30)23(31,32)24(33,34)25(35,36)26(37,38)39/h5-10,16H,11H2,1-4H3,(H,40,42)(H,41,43). The minimum absolute atomic E-state index is 0.0162. The van der Waals surface area contributed by atoms with Gasteiger partial charge in [0.15, 0.2) is 0 Å². The minimum atomic E-state index is -8.43. The molecule has 12 nitrogen and oxygen atoms in total. The molecular formula is C26H23F13N2O10S2. The molecule has 1 unspecified atom stereocenters. The lowest BCUT2D eigenvalue weighted by atomic mass is 9.91. The van der Waals surface area contributed by atoms with Crippen LogP contribution in [0.15, 0.2) is 36.4 Å². The lowest BCUT2D eigenvalue weighted by molar-refractivity contribution is -0.444. The zero-order chi connectivity index (χ0) is 41.4. The van der Waals surface area contributed by atoms with Gasteiger partial charge in [0.25, 0.3) is 0 Å². The van der Waals surface area contributed by atoms with Crippen LogP contribution in [0.5, 0.6) is 11.5 Å². The van der Waals surface area contributed by atoms with Gasteiger partial charge in [-0.05, 0) is 49.9 Å². The van der Waals surface area contributed by atoms with Crippen LogP contribution in [0.3, 0.4) is 0 Å². The van der Waals surface area contributed by atoms with Crippen LogP contribution in [0.1, 0.15) is 22.3 Å². The molecule has 1 atom stereocenters. The molecule has 0 heterocycles. The summed E-state index contributed by atoms with van der Waals surface area (Å²) in [6, 6.07) is 7.78. The van der Waals surface area contributed by atoms with Gasteiger partial charge >= 0.3 is 68.6 Å². The van der Waals surface area contributed by atoms with Crippen LogP contribution in [0.4, 0.5) is 66.7 Å². The molecule has 2 aromatic carbocycles. The van der Waals surface area contributed by atoms with E-state index in [2.05, 4.69) is 17.8 Å². The first kappa shape index (κ1) is 44.7. The predicted molar refractivity (Wildman–Crippen MR) is 150 cm³/mol. The number of aryl methyl sites for hydroxylation is 4. The predicted octanol–water partition coefficient (Wildman–Crippen LogP) is 6.43. The number of benzene rings is 2. The van der Waals surface area contributed by atoms with Crippen LogP contribution in [0.2, 0.25) is 0 Å². The average molecular weight is 835 g/mol. The molecule has 0 saturated heterocycles. The summed E-state index contributed by atoms with van der Waals surface area (Å²) in [4.78, 5) is 24.3. The molecule has 53 heavy (non-hydrogen) atoms. The first-order chi connectivity index (χ1) is 23.6. The van der Waals surface area contributed by atoms with E-state index in [1.165, 1.54) is 64.1 Å². The molecule has 2 aromatic rings. The fraction of sp³-hybridized carbons (Fsp3) is 0.462. The molecule has 27 heteroatoms. The molecule has 0 aliphatic rings. The number of carbonyl (C=O) groups is 2. The van der Waals surface area contributed by atoms with Crippen LogP contribution in [0.25, 0.3) is 0 Å². The second-order valence-electron chi connectivity index (χ2n) is 10.6. The van der Waals surface area contributed by atoms with Crippen molar-refractivity contribution in [1.29, 1.82) is 0 Å². The molecule has 2 N–H and O–H groups in total. The van der Waals surface area contributed by atoms with E-state index in [1.807, 2.05) is 0 Å². The Morgan fingerprint density at radius 3 is 1.28 bits per heavy atom.